The molecule has 3 N–H and O–H groups in total. The molecule has 1 aromatic carbocycles. The molecular weight excluding hydrogens is 324 g/mol. The highest BCUT2D eigenvalue weighted by molar-refractivity contribution is 7.99. The van der Waals surface area contributed by atoms with Crippen LogP contribution in [0.4, 0.5) is 0 Å². The molecule has 2 heterocycles. The highest BCUT2D eigenvalue weighted by Gasteiger charge is 2.13. The first-order chi connectivity index (χ1) is 11.7. The minimum atomic E-state index is -0.0882. The zero-order valence-electron chi connectivity index (χ0n) is 12.8. The molecule has 24 heavy (non-hydrogen) atoms. The Bertz CT molecular complexity index is 806. The summed E-state index contributed by atoms with van der Waals surface area (Å²) < 4.78 is 1.37. The SMILES string of the molecule is Nn1c(SCC(=O)NCc2ccccc2)nnc1-c1cccnc1. The lowest BCUT2D eigenvalue weighted by atomic mass is 10.2. The zero-order valence-corrected chi connectivity index (χ0v) is 13.6. The molecule has 0 fully saturated rings. The van der Waals surface area contributed by atoms with Gasteiger partial charge in [-0.15, -0.1) is 10.2 Å². The van der Waals surface area contributed by atoms with E-state index in [-0.39, 0.29) is 11.7 Å². The van der Waals surface area contributed by atoms with Gasteiger partial charge in [0.15, 0.2) is 5.82 Å². The normalized spacial score (nSPS) is 10.5. The maximum absolute atomic E-state index is 11.9. The lowest BCUT2D eigenvalue weighted by Gasteiger charge is -2.05. The molecule has 0 unspecified atom stereocenters. The van der Waals surface area contributed by atoms with Gasteiger partial charge in [-0.3, -0.25) is 9.78 Å². The number of carbonyl (C=O) groups is 1. The Morgan fingerprint density at radius 2 is 2.00 bits per heavy atom. The lowest BCUT2D eigenvalue weighted by Crippen LogP contribution is -2.25. The number of rotatable bonds is 6. The molecule has 0 saturated heterocycles. The van der Waals surface area contributed by atoms with E-state index in [1.54, 1.807) is 18.5 Å². The molecule has 7 nitrogen and oxygen atoms in total. The van der Waals surface area contributed by atoms with Crippen LogP contribution in [0.3, 0.4) is 0 Å². The Balaban J connectivity index is 1.55. The van der Waals surface area contributed by atoms with E-state index in [4.69, 9.17) is 5.84 Å². The van der Waals surface area contributed by atoms with Crippen LogP contribution in [-0.2, 0) is 11.3 Å². The topological polar surface area (TPSA) is 98.7 Å². The zero-order chi connectivity index (χ0) is 16.8. The van der Waals surface area contributed by atoms with E-state index in [2.05, 4.69) is 20.5 Å². The standard InChI is InChI=1S/C16H16N6OS/c17-22-15(13-7-4-8-18-10-13)20-21-16(22)24-11-14(23)19-9-12-5-2-1-3-6-12/h1-8,10H,9,11,17H2,(H,19,23). The molecule has 0 radical (unpaired) electrons. The van der Waals surface area contributed by atoms with Crippen molar-refractivity contribution in [3.8, 4) is 11.4 Å². The Labute approximate surface area is 143 Å². The number of thioether (sulfide) groups is 1. The van der Waals surface area contributed by atoms with Crippen molar-refractivity contribution in [3.05, 3.63) is 60.4 Å². The van der Waals surface area contributed by atoms with Crippen molar-refractivity contribution in [2.24, 2.45) is 0 Å². The molecule has 3 aromatic rings. The highest BCUT2D eigenvalue weighted by atomic mass is 32.2. The van der Waals surface area contributed by atoms with Gasteiger partial charge in [-0.25, -0.2) is 4.68 Å². The molecule has 0 saturated carbocycles. The third-order valence-electron chi connectivity index (χ3n) is 3.25. The van der Waals surface area contributed by atoms with Crippen molar-refractivity contribution in [3.63, 3.8) is 0 Å². The fraction of sp³-hybridized carbons (Fsp3) is 0.125. The number of benzene rings is 1. The summed E-state index contributed by atoms with van der Waals surface area (Å²) in [5.74, 6) is 6.64. The molecule has 0 aliphatic rings. The Morgan fingerprint density at radius 1 is 1.17 bits per heavy atom. The van der Waals surface area contributed by atoms with Crippen LogP contribution in [0.2, 0.25) is 0 Å². The largest absolute Gasteiger partial charge is 0.351 e. The quantitative estimate of drug-likeness (QED) is 0.521. The number of aromatic nitrogens is 4. The number of nitrogens with two attached hydrogens (primary N) is 1. The van der Waals surface area contributed by atoms with Crippen molar-refractivity contribution in [1.82, 2.24) is 25.2 Å². The number of carbonyl (C=O) groups excluding carboxylic acids is 1. The predicted octanol–water partition coefficient (Wildman–Crippen LogP) is 1.46. The van der Waals surface area contributed by atoms with E-state index in [0.29, 0.717) is 17.5 Å². The summed E-state index contributed by atoms with van der Waals surface area (Å²) in [5.41, 5.74) is 1.82. The summed E-state index contributed by atoms with van der Waals surface area (Å²) in [6.07, 6.45) is 3.34. The molecule has 8 heteroatoms. The number of nitrogens with one attached hydrogen (secondary N) is 1. The number of amides is 1. The first-order valence-electron chi connectivity index (χ1n) is 7.28. The number of nitrogen functional groups attached to an aromatic ring is 1. The molecular formula is C16H16N6OS. The molecule has 122 valence electrons. The van der Waals surface area contributed by atoms with Crippen molar-refractivity contribution >= 4 is 17.7 Å². The van der Waals surface area contributed by atoms with Gasteiger partial charge in [0, 0.05) is 24.5 Å². The average molecular weight is 340 g/mol. The lowest BCUT2D eigenvalue weighted by molar-refractivity contribution is -0.118. The second-order valence-corrected chi connectivity index (χ2v) is 5.91. The van der Waals surface area contributed by atoms with Crippen LogP contribution in [0, 0.1) is 0 Å². The van der Waals surface area contributed by atoms with E-state index in [0.717, 1.165) is 11.1 Å². The second-order valence-electron chi connectivity index (χ2n) is 4.97. The molecule has 0 spiro atoms. The smallest absolute Gasteiger partial charge is 0.230 e. The number of nitrogens with zero attached hydrogens (tertiary/aromatic N) is 4. The summed E-state index contributed by atoms with van der Waals surface area (Å²) in [5, 5.41) is 11.4. The van der Waals surface area contributed by atoms with Gasteiger partial charge in [0.1, 0.15) is 0 Å². The van der Waals surface area contributed by atoms with Gasteiger partial charge in [-0.2, -0.15) is 0 Å². The van der Waals surface area contributed by atoms with Gasteiger partial charge >= 0.3 is 0 Å². The van der Waals surface area contributed by atoms with Crippen LogP contribution in [0.25, 0.3) is 11.4 Å². The van der Waals surface area contributed by atoms with Crippen molar-refractivity contribution < 1.29 is 4.79 Å². The molecule has 0 bridgehead atoms. The average Bonchev–Trinajstić information content (AvgIpc) is 3.00. The summed E-state index contributed by atoms with van der Waals surface area (Å²) in [4.78, 5) is 16.0. The predicted molar refractivity (Wildman–Crippen MR) is 92.4 cm³/mol. The maximum atomic E-state index is 11.9. The molecule has 0 aliphatic carbocycles. The molecule has 1 amide bonds. The summed E-state index contributed by atoms with van der Waals surface area (Å²) >= 11 is 1.24. The molecule has 2 aromatic heterocycles. The third-order valence-corrected chi connectivity index (χ3v) is 4.19. The van der Waals surface area contributed by atoms with Gasteiger partial charge < -0.3 is 11.2 Å². The van der Waals surface area contributed by atoms with Gasteiger partial charge in [0.2, 0.25) is 11.1 Å². The van der Waals surface area contributed by atoms with Crippen LogP contribution in [0.15, 0.2) is 60.0 Å². The van der Waals surface area contributed by atoms with E-state index >= 15 is 0 Å². The van der Waals surface area contributed by atoms with E-state index in [9.17, 15) is 4.79 Å². The Kier molecular flexibility index (Phi) is 5.07. The van der Waals surface area contributed by atoms with Crippen molar-refractivity contribution in [1.29, 1.82) is 0 Å². The van der Waals surface area contributed by atoms with Crippen LogP contribution in [-0.4, -0.2) is 31.5 Å². The van der Waals surface area contributed by atoms with E-state index < -0.39 is 0 Å². The van der Waals surface area contributed by atoms with Crippen LogP contribution in [0.1, 0.15) is 5.56 Å². The van der Waals surface area contributed by atoms with E-state index in [1.807, 2.05) is 36.4 Å². The van der Waals surface area contributed by atoms with Crippen molar-refractivity contribution in [2.75, 3.05) is 11.6 Å². The van der Waals surface area contributed by atoms with Crippen LogP contribution in [0.5, 0.6) is 0 Å². The summed E-state index contributed by atoms with van der Waals surface area (Å²) in [6.45, 7) is 0.497. The van der Waals surface area contributed by atoms with Gasteiger partial charge in [-0.05, 0) is 17.7 Å². The molecule has 0 atom stereocenters. The minimum absolute atomic E-state index is 0.0882. The van der Waals surface area contributed by atoms with Crippen molar-refractivity contribution in [2.45, 2.75) is 11.7 Å². The second kappa shape index (κ2) is 7.60. The van der Waals surface area contributed by atoms with E-state index in [1.165, 1.54) is 16.4 Å². The van der Waals surface area contributed by atoms with Gasteiger partial charge in [-0.1, -0.05) is 42.1 Å². The number of hydrogen-bond donors (Lipinski definition) is 2. The summed E-state index contributed by atoms with van der Waals surface area (Å²) in [6, 6.07) is 13.4. The number of hydrogen-bond acceptors (Lipinski definition) is 6. The molecule has 3 rings (SSSR count). The van der Waals surface area contributed by atoms with Gasteiger partial charge in [0.25, 0.3) is 0 Å². The fourth-order valence-electron chi connectivity index (χ4n) is 2.04. The minimum Gasteiger partial charge on any atom is -0.351 e. The monoisotopic (exact) mass is 340 g/mol. The molecule has 0 aliphatic heterocycles. The third kappa shape index (κ3) is 3.90. The van der Waals surface area contributed by atoms with Gasteiger partial charge in [0.05, 0.1) is 5.75 Å². The Morgan fingerprint density at radius 3 is 2.75 bits per heavy atom. The van der Waals surface area contributed by atoms with Crippen LogP contribution >= 0.6 is 11.8 Å². The first kappa shape index (κ1) is 16.0. The summed E-state index contributed by atoms with van der Waals surface area (Å²) in [7, 11) is 0. The first-order valence-corrected chi connectivity index (χ1v) is 8.27. The highest BCUT2D eigenvalue weighted by Crippen LogP contribution is 2.20. The number of pyridine rings is 1. The Hall–Kier alpha value is -2.87. The fourth-order valence-corrected chi connectivity index (χ4v) is 2.73. The van der Waals surface area contributed by atoms with Crippen LogP contribution < -0.4 is 11.2 Å². The maximum Gasteiger partial charge on any atom is 0.230 e.